The van der Waals surface area contributed by atoms with Crippen LogP contribution in [0.15, 0.2) is 30.3 Å². The van der Waals surface area contributed by atoms with Crippen LogP contribution in [0.2, 0.25) is 0 Å². The predicted molar refractivity (Wildman–Crippen MR) is 106 cm³/mol. The number of carbonyl (C=O) groups is 1. The van der Waals surface area contributed by atoms with E-state index in [1.54, 1.807) is 0 Å². The Bertz CT molecular complexity index is 636. The van der Waals surface area contributed by atoms with E-state index in [0.717, 1.165) is 31.3 Å². The van der Waals surface area contributed by atoms with Crippen molar-refractivity contribution >= 4 is 12.0 Å². The molecule has 2 heterocycles. The zero-order valence-corrected chi connectivity index (χ0v) is 16.3. The summed E-state index contributed by atoms with van der Waals surface area (Å²) in [5, 5.41) is 3.59. The van der Waals surface area contributed by atoms with E-state index in [2.05, 4.69) is 59.5 Å². The molecule has 142 valence electrons. The molecule has 2 saturated carbocycles. The van der Waals surface area contributed by atoms with Crippen LogP contribution in [0.1, 0.15) is 25.7 Å². The third-order valence-corrected chi connectivity index (χ3v) is 7.16. The molecule has 4 aliphatic rings. The predicted octanol–water partition coefficient (Wildman–Crippen LogP) is 2.97. The lowest BCUT2D eigenvalue weighted by molar-refractivity contribution is -0.113. The summed E-state index contributed by atoms with van der Waals surface area (Å²) in [7, 11) is 4.35. The minimum Gasteiger partial charge on any atom is -0.384 e. The lowest BCUT2D eigenvalue weighted by Gasteiger charge is -2.30. The molecule has 0 spiro atoms. The molecule has 2 aliphatic heterocycles. The average molecular weight is 356 g/mol. The maximum absolute atomic E-state index is 10.6. The van der Waals surface area contributed by atoms with Gasteiger partial charge in [-0.25, -0.2) is 0 Å². The minimum absolute atomic E-state index is 0.104. The quantitative estimate of drug-likeness (QED) is 0.843. The van der Waals surface area contributed by atoms with Crippen LogP contribution in [-0.4, -0.2) is 62.9 Å². The highest BCUT2D eigenvalue weighted by atomic mass is 16.1. The third kappa shape index (κ3) is 3.67. The fraction of sp³-hybridized carbons (Fsp3) is 0.682. The molecule has 1 aromatic carbocycles. The van der Waals surface area contributed by atoms with Crippen LogP contribution in [-0.2, 0) is 4.79 Å². The van der Waals surface area contributed by atoms with Gasteiger partial charge in [0.05, 0.1) is 0 Å². The van der Waals surface area contributed by atoms with Crippen LogP contribution >= 0.6 is 0 Å². The number of likely N-dealkylation sites (tertiary alicyclic amines) is 2. The van der Waals surface area contributed by atoms with Crippen LogP contribution in [0.3, 0.4) is 0 Å². The molecule has 0 radical (unpaired) electrons. The van der Waals surface area contributed by atoms with Crippen molar-refractivity contribution < 1.29 is 4.79 Å². The van der Waals surface area contributed by atoms with Gasteiger partial charge in [0.25, 0.3) is 0 Å². The number of benzene rings is 1. The van der Waals surface area contributed by atoms with E-state index < -0.39 is 0 Å². The zero-order chi connectivity index (χ0) is 18.2. The molecule has 4 atom stereocenters. The molecule has 2 saturated heterocycles. The van der Waals surface area contributed by atoms with Crippen molar-refractivity contribution in [2.45, 2.75) is 25.7 Å². The molecular weight excluding hydrogens is 322 g/mol. The Morgan fingerprint density at radius 1 is 1.04 bits per heavy atom. The molecule has 1 aromatic rings. The van der Waals surface area contributed by atoms with E-state index in [1.165, 1.54) is 50.9 Å². The number of hydrogen-bond donors (Lipinski definition) is 1. The SMILES string of the molecule is CN1CCC2CC2(C=O)C1.CN1CCC2CC2(CNc2ccccc2)C1. The second-order valence-corrected chi connectivity index (χ2v) is 9.29. The van der Waals surface area contributed by atoms with Crippen molar-refractivity contribution in [2.75, 3.05) is 52.1 Å². The van der Waals surface area contributed by atoms with Crippen LogP contribution in [0.25, 0.3) is 0 Å². The summed E-state index contributed by atoms with van der Waals surface area (Å²) in [6.45, 7) is 5.89. The van der Waals surface area contributed by atoms with Gasteiger partial charge in [0.1, 0.15) is 6.29 Å². The molecule has 4 heteroatoms. The Labute approximate surface area is 157 Å². The van der Waals surface area contributed by atoms with Gasteiger partial charge in [-0.1, -0.05) is 18.2 Å². The van der Waals surface area contributed by atoms with Gasteiger partial charge in [-0.3, -0.25) is 0 Å². The number of carbonyl (C=O) groups excluding carboxylic acids is 1. The monoisotopic (exact) mass is 355 g/mol. The smallest absolute Gasteiger partial charge is 0.127 e. The Kier molecular flexibility index (Phi) is 4.83. The summed E-state index contributed by atoms with van der Waals surface area (Å²) < 4.78 is 0. The number of aldehydes is 1. The Morgan fingerprint density at radius 3 is 2.42 bits per heavy atom. The summed E-state index contributed by atoms with van der Waals surface area (Å²) in [5.41, 5.74) is 1.95. The first-order chi connectivity index (χ1) is 12.6. The van der Waals surface area contributed by atoms with Gasteiger partial charge in [0.15, 0.2) is 0 Å². The van der Waals surface area contributed by atoms with E-state index in [1.807, 2.05) is 0 Å². The summed E-state index contributed by atoms with van der Waals surface area (Å²) in [5.74, 6) is 1.72. The van der Waals surface area contributed by atoms with Crippen LogP contribution in [0.5, 0.6) is 0 Å². The van der Waals surface area contributed by atoms with Gasteiger partial charge in [0.2, 0.25) is 0 Å². The van der Waals surface area contributed by atoms with E-state index in [4.69, 9.17) is 0 Å². The number of piperidine rings is 2. The topological polar surface area (TPSA) is 35.6 Å². The molecule has 2 aliphatic carbocycles. The first-order valence-corrected chi connectivity index (χ1v) is 10.2. The van der Waals surface area contributed by atoms with Crippen molar-refractivity contribution in [1.29, 1.82) is 0 Å². The van der Waals surface area contributed by atoms with Crippen LogP contribution in [0, 0.1) is 22.7 Å². The van der Waals surface area contributed by atoms with E-state index >= 15 is 0 Å². The standard InChI is InChI=1S/C14H20N2.C8H13NO/c1-16-8-7-12-9-14(12,11-16)10-15-13-5-3-2-4-6-13;1-9-3-2-7-4-8(7,5-9)6-10/h2-6,12,15H,7-11H2,1H3;6-7H,2-5H2,1H3. The Morgan fingerprint density at radius 2 is 1.73 bits per heavy atom. The normalized spacial score (nSPS) is 38.2. The van der Waals surface area contributed by atoms with Crippen molar-refractivity contribution in [1.82, 2.24) is 9.80 Å². The molecule has 0 bridgehead atoms. The lowest BCUT2D eigenvalue weighted by atomic mass is 9.97. The molecule has 4 nitrogen and oxygen atoms in total. The Hall–Kier alpha value is -1.39. The van der Waals surface area contributed by atoms with Crippen molar-refractivity contribution in [2.24, 2.45) is 22.7 Å². The van der Waals surface area contributed by atoms with Gasteiger partial charge < -0.3 is 19.9 Å². The number of fused-ring (bicyclic) bond motifs is 2. The second kappa shape index (κ2) is 6.97. The summed E-state index contributed by atoms with van der Waals surface area (Å²) in [4.78, 5) is 15.4. The maximum atomic E-state index is 10.6. The van der Waals surface area contributed by atoms with E-state index in [9.17, 15) is 4.79 Å². The van der Waals surface area contributed by atoms with Gasteiger partial charge >= 0.3 is 0 Å². The van der Waals surface area contributed by atoms with Crippen LogP contribution in [0.4, 0.5) is 5.69 Å². The fourth-order valence-corrected chi connectivity index (χ4v) is 5.26. The summed E-state index contributed by atoms with van der Waals surface area (Å²) in [6.07, 6.45) is 6.38. The number of anilines is 1. The molecule has 26 heavy (non-hydrogen) atoms. The van der Waals surface area contributed by atoms with Crippen molar-refractivity contribution in [3.63, 3.8) is 0 Å². The van der Waals surface area contributed by atoms with Crippen molar-refractivity contribution in [3.05, 3.63) is 30.3 Å². The van der Waals surface area contributed by atoms with E-state index in [-0.39, 0.29) is 5.41 Å². The molecule has 0 amide bonds. The van der Waals surface area contributed by atoms with E-state index in [0.29, 0.717) is 5.41 Å². The highest BCUT2D eigenvalue weighted by Gasteiger charge is 2.56. The molecule has 4 unspecified atom stereocenters. The van der Waals surface area contributed by atoms with Gasteiger partial charge in [-0.15, -0.1) is 0 Å². The third-order valence-electron chi connectivity index (χ3n) is 7.16. The first-order valence-electron chi connectivity index (χ1n) is 10.2. The lowest BCUT2D eigenvalue weighted by Crippen LogP contribution is -2.37. The van der Waals surface area contributed by atoms with Gasteiger partial charge in [0, 0.05) is 36.2 Å². The van der Waals surface area contributed by atoms with Crippen LogP contribution < -0.4 is 5.32 Å². The molecule has 0 aromatic heterocycles. The molecule has 5 rings (SSSR count). The summed E-state index contributed by atoms with van der Waals surface area (Å²) >= 11 is 0. The highest BCUT2D eigenvalue weighted by Crippen LogP contribution is 2.57. The number of para-hydroxylation sites is 1. The average Bonchev–Trinajstić information content (AvgIpc) is 3.54. The molecule has 4 fully saturated rings. The molecule has 1 N–H and O–H groups in total. The maximum Gasteiger partial charge on any atom is 0.127 e. The number of rotatable bonds is 4. The highest BCUT2D eigenvalue weighted by molar-refractivity contribution is 5.65. The molecular formula is C22H33N3O. The largest absolute Gasteiger partial charge is 0.384 e. The summed E-state index contributed by atoms with van der Waals surface area (Å²) in [6, 6.07) is 10.6. The number of hydrogen-bond acceptors (Lipinski definition) is 4. The first kappa shape index (κ1) is 18.0. The number of nitrogens with zero attached hydrogens (tertiary/aromatic N) is 2. The van der Waals surface area contributed by atoms with Crippen molar-refractivity contribution in [3.8, 4) is 0 Å². The number of nitrogens with one attached hydrogen (secondary N) is 1. The fourth-order valence-electron chi connectivity index (χ4n) is 5.26. The zero-order valence-electron chi connectivity index (χ0n) is 16.3. The second-order valence-electron chi connectivity index (χ2n) is 9.29. The van der Waals surface area contributed by atoms with Gasteiger partial charge in [-0.05, 0) is 76.8 Å². The van der Waals surface area contributed by atoms with Gasteiger partial charge in [-0.2, -0.15) is 0 Å². The Balaban J connectivity index is 0.000000144. The minimum atomic E-state index is 0.104.